The summed E-state index contributed by atoms with van der Waals surface area (Å²) >= 11 is 0. The molecule has 0 aliphatic heterocycles. The second kappa shape index (κ2) is 6.75. The van der Waals surface area contributed by atoms with Crippen molar-refractivity contribution >= 4 is 0 Å². The standard InChI is InChI=1S/C17H22N6/c1-13-8-20-22(10-13)15(3)14(2)19-9-16-6-4-5-7-17(16)23-12-18-11-21-23/h4-8,10-12,14-15,19H,9H2,1-3H3/t14-,15-/m0/s1. The Kier molecular flexibility index (Phi) is 4.52. The molecule has 6 nitrogen and oxygen atoms in total. The molecule has 0 saturated carbocycles. The van der Waals surface area contributed by atoms with Crippen molar-refractivity contribution in [3.8, 4) is 5.69 Å². The lowest BCUT2D eigenvalue weighted by Gasteiger charge is -2.22. The molecule has 3 aromatic rings. The zero-order valence-electron chi connectivity index (χ0n) is 13.7. The third-order valence-corrected chi connectivity index (χ3v) is 4.14. The minimum absolute atomic E-state index is 0.280. The summed E-state index contributed by atoms with van der Waals surface area (Å²) in [6.07, 6.45) is 7.24. The van der Waals surface area contributed by atoms with Crippen molar-refractivity contribution in [3.05, 3.63) is 60.4 Å². The van der Waals surface area contributed by atoms with Gasteiger partial charge in [-0.1, -0.05) is 18.2 Å². The van der Waals surface area contributed by atoms with Gasteiger partial charge in [0.1, 0.15) is 12.7 Å². The maximum Gasteiger partial charge on any atom is 0.138 e. The van der Waals surface area contributed by atoms with E-state index in [-0.39, 0.29) is 12.1 Å². The van der Waals surface area contributed by atoms with Crippen molar-refractivity contribution in [2.75, 3.05) is 0 Å². The van der Waals surface area contributed by atoms with Gasteiger partial charge in [0.15, 0.2) is 0 Å². The van der Waals surface area contributed by atoms with Crippen molar-refractivity contribution in [2.24, 2.45) is 0 Å². The molecule has 0 spiro atoms. The predicted molar refractivity (Wildman–Crippen MR) is 89.3 cm³/mol. The molecule has 0 radical (unpaired) electrons. The molecule has 0 saturated heterocycles. The highest BCUT2D eigenvalue weighted by atomic mass is 15.3. The third-order valence-electron chi connectivity index (χ3n) is 4.14. The van der Waals surface area contributed by atoms with Crippen LogP contribution in [-0.2, 0) is 6.54 Å². The molecule has 0 aliphatic rings. The number of rotatable bonds is 6. The molecule has 2 heterocycles. The normalized spacial score (nSPS) is 13.9. The van der Waals surface area contributed by atoms with E-state index in [4.69, 9.17) is 0 Å². The Morgan fingerprint density at radius 3 is 2.70 bits per heavy atom. The summed E-state index contributed by atoms with van der Waals surface area (Å²) in [4.78, 5) is 4.02. The van der Waals surface area contributed by atoms with Crippen LogP contribution < -0.4 is 5.32 Å². The minimum atomic E-state index is 0.280. The lowest BCUT2D eigenvalue weighted by Crippen LogP contribution is -2.33. The Labute approximate surface area is 136 Å². The predicted octanol–water partition coefficient (Wildman–Crippen LogP) is 2.51. The third kappa shape index (κ3) is 3.48. The van der Waals surface area contributed by atoms with Gasteiger partial charge in [0.05, 0.1) is 17.9 Å². The number of aromatic nitrogens is 5. The van der Waals surface area contributed by atoms with Crippen LogP contribution in [0, 0.1) is 6.92 Å². The smallest absolute Gasteiger partial charge is 0.138 e. The number of hydrogen-bond donors (Lipinski definition) is 1. The van der Waals surface area contributed by atoms with E-state index in [1.54, 1.807) is 17.3 Å². The Balaban J connectivity index is 1.69. The van der Waals surface area contributed by atoms with Crippen LogP contribution in [0.5, 0.6) is 0 Å². The summed E-state index contributed by atoms with van der Waals surface area (Å²) < 4.78 is 3.80. The van der Waals surface area contributed by atoms with Crippen molar-refractivity contribution in [1.82, 2.24) is 29.9 Å². The largest absolute Gasteiger partial charge is 0.308 e. The fourth-order valence-electron chi connectivity index (χ4n) is 2.54. The van der Waals surface area contributed by atoms with Crippen LogP contribution in [-0.4, -0.2) is 30.6 Å². The van der Waals surface area contributed by atoms with E-state index in [1.165, 1.54) is 11.1 Å². The van der Waals surface area contributed by atoms with Gasteiger partial charge in [0, 0.05) is 18.8 Å². The highest BCUT2D eigenvalue weighted by molar-refractivity contribution is 5.39. The molecule has 23 heavy (non-hydrogen) atoms. The highest BCUT2D eigenvalue weighted by Gasteiger charge is 2.15. The first-order valence-corrected chi connectivity index (χ1v) is 7.82. The summed E-state index contributed by atoms with van der Waals surface area (Å²) in [6, 6.07) is 8.79. The fourth-order valence-corrected chi connectivity index (χ4v) is 2.54. The second-order valence-corrected chi connectivity index (χ2v) is 5.88. The van der Waals surface area contributed by atoms with Gasteiger partial charge in [0.25, 0.3) is 0 Å². The van der Waals surface area contributed by atoms with E-state index >= 15 is 0 Å². The zero-order valence-corrected chi connectivity index (χ0v) is 13.7. The first-order valence-electron chi connectivity index (χ1n) is 7.82. The van der Waals surface area contributed by atoms with Crippen LogP contribution in [0.2, 0.25) is 0 Å². The molecule has 0 bridgehead atoms. The molecule has 6 heteroatoms. The molecule has 2 aromatic heterocycles. The average Bonchev–Trinajstić information content (AvgIpc) is 3.23. The van der Waals surface area contributed by atoms with E-state index in [1.807, 2.05) is 23.0 Å². The van der Waals surface area contributed by atoms with E-state index in [0.717, 1.165) is 12.2 Å². The zero-order chi connectivity index (χ0) is 16.2. The number of nitrogens with one attached hydrogen (secondary N) is 1. The van der Waals surface area contributed by atoms with Gasteiger partial charge in [0.2, 0.25) is 0 Å². The van der Waals surface area contributed by atoms with Gasteiger partial charge < -0.3 is 5.32 Å². The molecule has 1 N–H and O–H groups in total. The van der Waals surface area contributed by atoms with E-state index in [0.29, 0.717) is 0 Å². The first-order chi connectivity index (χ1) is 11.1. The monoisotopic (exact) mass is 310 g/mol. The Bertz CT molecular complexity index is 746. The minimum Gasteiger partial charge on any atom is -0.308 e. The summed E-state index contributed by atoms with van der Waals surface area (Å²) in [5.74, 6) is 0. The van der Waals surface area contributed by atoms with Crippen LogP contribution in [0.4, 0.5) is 0 Å². The van der Waals surface area contributed by atoms with Crippen LogP contribution in [0.1, 0.15) is 31.0 Å². The molecule has 120 valence electrons. The Morgan fingerprint density at radius 1 is 1.17 bits per heavy atom. The van der Waals surface area contributed by atoms with Gasteiger partial charge >= 0.3 is 0 Å². The number of nitrogens with zero attached hydrogens (tertiary/aromatic N) is 5. The van der Waals surface area contributed by atoms with Gasteiger partial charge in [-0.05, 0) is 38.0 Å². The molecular formula is C17H22N6. The SMILES string of the molecule is Cc1cnn([C@@H](C)[C@H](C)NCc2ccccc2-n2cncn2)c1. The topological polar surface area (TPSA) is 60.6 Å². The van der Waals surface area contributed by atoms with Crippen LogP contribution in [0.25, 0.3) is 5.69 Å². The molecule has 0 aliphatic carbocycles. The Hall–Kier alpha value is -2.47. The molecule has 0 fully saturated rings. The van der Waals surface area contributed by atoms with Crippen molar-refractivity contribution < 1.29 is 0 Å². The number of hydrogen-bond acceptors (Lipinski definition) is 4. The Morgan fingerprint density at radius 2 is 2.00 bits per heavy atom. The maximum atomic E-state index is 4.40. The maximum absolute atomic E-state index is 4.40. The highest BCUT2D eigenvalue weighted by Crippen LogP contribution is 2.15. The quantitative estimate of drug-likeness (QED) is 0.760. The molecular weight excluding hydrogens is 288 g/mol. The van der Waals surface area contributed by atoms with Crippen molar-refractivity contribution in [3.63, 3.8) is 0 Å². The van der Waals surface area contributed by atoms with Crippen LogP contribution >= 0.6 is 0 Å². The van der Waals surface area contributed by atoms with Gasteiger partial charge in [-0.15, -0.1) is 0 Å². The molecule has 3 rings (SSSR count). The van der Waals surface area contributed by atoms with E-state index in [9.17, 15) is 0 Å². The lowest BCUT2D eigenvalue weighted by molar-refractivity contribution is 0.364. The average molecular weight is 310 g/mol. The number of aryl methyl sites for hydroxylation is 1. The van der Waals surface area contributed by atoms with E-state index < -0.39 is 0 Å². The van der Waals surface area contributed by atoms with Gasteiger partial charge in [-0.25, -0.2) is 9.67 Å². The van der Waals surface area contributed by atoms with E-state index in [2.05, 4.69) is 59.6 Å². The molecule has 0 amide bonds. The van der Waals surface area contributed by atoms with Crippen LogP contribution in [0.3, 0.4) is 0 Å². The van der Waals surface area contributed by atoms with Gasteiger partial charge in [-0.3, -0.25) is 4.68 Å². The van der Waals surface area contributed by atoms with Crippen molar-refractivity contribution in [1.29, 1.82) is 0 Å². The number of para-hydroxylation sites is 1. The number of benzene rings is 1. The molecule has 0 unspecified atom stereocenters. The van der Waals surface area contributed by atoms with Crippen LogP contribution in [0.15, 0.2) is 49.3 Å². The van der Waals surface area contributed by atoms with Gasteiger partial charge in [-0.2, -0.15) is 10.2 Å². The first kappa shape index (κ1) is 15.4. The second-order valence-electron chi connectivity index (χ2n) is 5.88. The fraction of sp³-hybridized carbons (Fsp3) is 0.353. The molecule has 1 aromatic carbocycles. The summed E-state index contributed by atoms with van der Waals surface area (Å²) in [7, 11) is 0. The summed E-state index contributed by atoms with van der Waals surface area (Å²) in [5.41, 5.74) is 3.42. The van der Waals surface area contributed by atoms with Crippen molar-refractivity contribution in [2.45, 2.75) is 39.4 Å². The summed E-state index contributed by atoms with van der Waals surface area (Å²) in [6.45, 7) is 7.18. The lowest BCUT2D eigenvalue weighted by atomic mass is 10.1. The summed E-state index contributed by atoms with van der Waals surface area (Å²) in [5, 5.41) is 12.2. The molecule has 2 atom stereocenters.